The van der Waals surface area contributed by atoms with Gasteiger partial charge in [0.2, 0.25) is 0 Å². The summed E-state index contributed by atoms with van der Waals surface area (Å²) in [6, 6.07) is 9.97. The molecule has 0 N–H and O–H groups in total. The SMILES string of the molecule is c1ccc(OCCN2CCC3(CC2)OCCO3)cc1. The van der Waals surface area contributed by atoms with Crippen molar-refractivity contribution in [2.45, 2.75) is 18.6 Å². The lowest BCUT2D eigenvalue weighted by Crippen LogP contribution is -2.46. The number of nitrogens with zero attached hydrogens (tertiary/aromatic N) is 1. The molecule has 0 amide bonds. The Morgan fingerprint density at radius 2 is 1.74 bits per heavy atom. The van der Waals surface area contributed by atoms with Crippen LogP contribution in [0.1, 0.15) is 12.8 Å². The second-order valence-electron chi connectivity index (χ2n) is 5.11. The minimum Gasteiger partial charge on any atom is -0.492 e. The first kappa shape index (κ1) is 12.9. The lowest BCUT2D eigenvalue weighted by Gasteiger charge is -2.37. The lowest BCUT2D eigenvalue weighted by molar-refractivity contribution is -0.185. The van der Waals surface area contributed by atoms with Gasteiger partial charge in [-0.2, -0.15) is 0 Å². The molecule has 0 atom stereocenters. The van der Waals surface area contributed by atoms with E-state index in [1.54, 1.807) is 0 Å². The summed E-state index contributed by atoms with van der Waals surface area (Å²) in [5.74, 6) is 0.676. The van der Waals surface area contributed by atoms with Gasteiger partial charge in [-0.3, -0.25) is 4.90 Å². The number of para-hydroxylation sites is 1. The molecule has 2 saturated heterocycles. The topological polar surface area (TPSA) is 30.9 Å². The zero-order chi connectivity index (χ0) is 13.0. The molecule has 1 spiro atoms. The summed E-state index contributed by atoms with van der Waals surface area (Å²) < 4.78 is 17.2. The van der Waals surface area contributed by atoms with Gasteiger partial charge in [0, 0.05) is 32.5 Å². The smallest absolute Gasteiger partial charge is 0.170 e. The molecule has 0 bridgehead atoms. The van der Waals surface area contributed by atoms with Gasteiger partial charge < -0.3 is 14.2 Å². The first-order chi connectivity index (χ1) is 9.36. The van der Waals surface area contributed by atoms with Crippen LogP contribution in [0.2, 0.25) is 0 Å². The van der Waals surface area contributed by atoms with Crippen LogP contribution in [-0.2, 0) is 9.47 Å². The number of piperidine rings is 1. The van der Waals surface area contributed by atoms with Gasteiger partial charge in [-0.1, -0.05) is 18.2 Å². The van der Waals surface area contributed by atoms with Gasteiger partial charge in [0.1, 0.15) is 12.4 Å². The highest BCUT2D eigenvalue weighted by Crippen LogP contribution is 2.30. The van der Waals surface area contributed by atoms with Gasteiger partial charge in [-0.15, -0.1) is 0 Å². The molecule has 0 unspecified atom stereocenters. The quantitative estimate of drug-likeness (QED) is 0.830. The molecule has 1 aromatic rings. The predicted molar refractivity (Wildman–Crippen MR) is 72.2 cm³/mol. The monoisotopic (exact) mass is 263 g/mol. The summed E-state index contributed by atoms with van der Waals surface area (Å²) in [6.45, 7) is 5.24. The zero-order valence-electron chi connectivity index (χ0n) is 11.2. The van der Waals surface area contributed by atoms with Crippen LogP contribution in [0.5, 0.6) is 5.75 Å². The molecule has 2 heterocycles. The van der Waals surface area contributed by atoms with E-state index in [0.29, 0.717) is 0 Å². The Morgan fingerprint density at radius 1 is 1.05 bits per heavy atom. The average Bonchev–Trinajstić information content (AvgIpc) is 2.91. The Kier molecular flexibility index (Phi) is 4.01. The molecule has 3 rings (SSSR count). The van der Waals surface area contributed by atoms with Crippen molar-refractivity contribution in [2.75, 3.05) is 39.5 Å². The van der Waals surface area contributed by atoms with Gasteiger partial charge in [-0.25, -0.2) is 0 Å². The maximum absolute atomic E-state index is 5.72. The first-order valence-corrected chi connectivity index (χ1v) is 7.04. The van der Waals surface area contributed by atoms with Gasteiger partial charge in [0.15, 0.2) is 5.79 Å². The number of ether oxygens (including phenoxy) is 3. The summed E-state index contributed by atoms with van der Waals surface area (Å²) in [5, 5.41) is 0. The standard InChI is InChI=1S/C15H21NO3/c1-2-4-14(5-3-1)17-11-10-16-8-6-15(7-9-16)18-12-13-19-15/h1-5H,6-13H2. The summed E-state index contributed by atoms with van der Waals surface area (Å²) in [6.07, 6.45) is 1.94. The van der Waals surface area contributed by atoms with Crippen LogP contribution in [-0.4, -0.2) is 50.1 Å². The van der Waals surface area contributed by atoms with Crippen LogP contribution in [0.15, 0.2) is 30.3 Å². The number of benzene rings is 1. The van der Waals surface area contributed by atoms with Crippen LogP contribution in [0.4, 0.5) is 0 Å². The fourth-order valence-electron chi connectivity index (χ4n) is 2.71. The van der Waals surface area contributed by atoms with E-state index in [1.165, 1.54) is 0 Å². The van der Waals surface area contributed by atoms with E-state index in [-0.39, 0.29) is 5.79 Å². The predicted octanol–water partition coefficient (Wildman–Crippen LogP) is 1.90. The fourth-order valence-corrected chi connectivity index (χ4v) is 2.71. The summed E-state index contributed by atoms with van der Waals surface area (Å²) in [5.41, 5.74) is 0. The summed E-state index contributed by atoms with van der Waals surface area (Å²) >= 11 is 0. The third-order valence-electron chi connectivity index (χ3n) is 3.85. The molecule has 2 aliphatic rings. The molecule has 2 aliphatic heterocycles. The van der Waals surface area contributed by atoms with Gasteiger partial charge >= 0.3 is 0 Å². The summed E-state index contributed by atoms with van der Waals surface area (Å²) in [7, 11) is 0. The molecule has 1 aromatic carbocycles. The van der Waals surface area contributed by atoms with Crippen molar-refractivity contribution in [2.24, 2.45) is 0 Å². The van der Waals surface area contributed by atoms with Crippen LogP contribution in [0.3, 0.4) is 0 Å². The van der Waals surface area contributed by atoms with Crippen molar-refractivity contribution < 1.29 is 14.2 Å². The van der Waals surface area contributed by atoms with Crippen molar-refractivity contribution in [3.8, 4) is 5.75 Å². The number of rotatable bonds is 4. The Labute approximate surface area is 114 Å². The number of hydrogen-bond acceptors (Lipinski definition) is 4. The highest BCUT2D eigenvalue weighted by molar-refractivity contribution is 5.20. The van der Waals surface area contributed by atoms with Crippen LogP contribution < -0.4 is 4.74 Å². The van der Waals surface area contributed by atoms with E-state index < -0.39 is 0 Å². The average molecular weight is 263 g/mol. The molecule has 4 heteroatoms. The zero-order valence-corrected chi connectivity index (χ0v) is 11.2. The van der Waals surface area contributed by atoms with Crippen LogP contribution in [0.25, 0.3) is 0 Å². The molecule has 104 valence electrons. The molecule has 0 saturated carbocycles. The van der Waals surface area contributed by atoms with E-state index in [2.05, 4.69) is 4.90 Å². The molecular weight excluding hydrogens is 242 g/mol. The second-order valence-corrected chi connectivity index (χ2v) is 5.11. The largest absolute Gasteiger partial charge is 0.492 e. The van der Waals surface area contributed by atoms with Gasteiger partial charge in [0.05, 0.1) is 13.2 Å². The Morgan fingerprint density at radius 3 is 2.42 bits per heavy atom. The van der Waals surface area contributed by atoms with E-state index >= 15 is 0 Å². The fraction of sp³-hybridized carbons (Fsp3) is 0.600. The molecule has 2 fully saturated rings. The molecule has 0 aliphatic carbocycles. The van der Waals surface area contributed by atoms with Crippen molar-refractivity contribution in [1.29, 1.82) is 0 Å². The number of likely N-dealkylation sites (tertiary alicyclic amines) is 1. The van der Waals surface area contributed by atoms with Crippen molar-refractivity contribution >= 4 is 0 Å². The Bertz CT molecular complexity index is 380. The molecular formula is C15H21NO3. The third-order valence-corrected chi connectivity index (χ3v) is 3.85. The second kappa shape index (κ2) is 5.90. The Hall–Kier alpha value is -1.10. The van der Waals surface area contributed by atoms with Crippen molar-refractivity contribution in [3.05, 3.63) is 30.3 Å². The molecule has 0 aromatic heterocycles. The lowest BCUT2D eigenvalue weighted by atomic mass is 10.0. The van der Waals surface area contributed by atoms with Crippen molar-refractivity contribution in [1.82, 2.24) is 4.90 Å². The normalized spacial score (nSPS) is 22.7. The highest BCUT2D eigenvalue weighted by atomic mass is 16.7. The van der Waals surface area contributed by atoms with E-state index in [0.717, 1.165) is 58.0 Å². The van der Waals surface area contributed by atoms with Gasteiger partial charge in [0.25, 0.3) is 0 Å². The summed E-state index contributed by atoms with van der Waals surface area (Å²) in [4.78, 5) is 2.42. The molecule has 4 nitrogen and oxygen atoms in total. The van der Waals surface area contributed by atoms with Gasteiger partial charge in [-0.05, 0) is 12.1 Å². The van der Waals surface area contributed by atoms with Crippen LogP contribution in [0, 0.1) is 0 Å². The maximum atomic E-state index is 5.72. The van der Waals surface area contributed by atoms with E-state index in [1.807, 2.05) is 30.3 Å². The maximum Gasteiger partial charge on any atom is 0.170 e. The van der Waals surface area contributed by atoms with E-state index in [9.17, 15) is 0 Å². The minimum absolute atomic E-state index is 0.267. The molecule has 19 heavy (non-hydrogen) atoms. The Balaban J connectivity index is 1.38. The first-order valence-electron chi connectivity index (χ1n) is 7.04. The van der Waals surface area contributed by atoms with E-state index in [4.69, 9.17) is 14.2 Å². The minimum atomic E-state index is -0.267. The number of hydrogen-bond donors (Lipinski definition) is 0. The molecule has 0 radical (unpaired) electrons. The third kappa shape index (κ3) is 3.26. The van der Waals surface area contributed by atoms with Crippen LogP contribution >= 0.6 is 0 Å². The highest BCUT2D eigenvalue weighted by Gasteiger charge is 2.39. The van der Waals surface area contributed by atoms with Crippen molar-refractivity contribution in [3.63, 3.8) is 0 Å².